The number of carbonyl (C=O) groups is 1. The Hall–Kier alpha value is -0.410. The first-order valence-corrected chi connectivity index (χ1v) is 5.64. The second-order valence-corrected chi connectivity index (χ2v) is 5.90. The van der Waals surface area contributed by atoms with Crippen molar-refractivity contribution in [3.05, 3.63) is 0 Å². The van der Waals surface area contributed by atoms with Gasteiger partial charge in [-0.1, -0.05) is 0 Å². The van der Waals surface area contributed by atoms with Crippen LogP contribution in [0.1, 0.15) is 47.5 Å². The van der Waals surface area contributed by atoms with Crippen LogP contribution in [0.3, 0.4) is 0 Å². The van der Waals surface area contributed by atoms with Gasteiger partial charge in [-0.3, -0.25) is 0 Å². The average Bonchev–Trinajstić information content (AvgIpc) is 1.97. The molecule has 0 aromatic rings. The molecule has 1 heterocycles. The molecule has 0 amide bonds. The third-order valence-corrected chi connectivity index (χ3v) is 2.75. The van der Waals surface area contributed by atoms with Gasteiger partial charge >= 0.3 is 0 Å². The van der Waals surface area contributed by atoms with E-state index in [1.165, 1.54) is 0 Å². The lowest BCUT2D eigenvalue weighted by Gasteiger charge is -2.46. The van der Waals surface area contributed by atoms with Crippen LogP contribution in [0.15, 0.2) is 0 Å². The fraction of sp³-hybridized carbons (Fsp3) is 0.917. The van der Waals surface area contributed by atoms with E-state index in [9.17, 15) is 4.79 Å². The van der Waals surface area contributed by atoms with Crippen LogP contribution < -0.4 is 5.32 Å². The van der Waals surface area contributed by atoms with Crippen LogP contribution in [0, 0.1) is 0 Å². The zero-order valence-corrected chi connectivity index (χ0v) is 10.5. The van der Waals surface area contributed by atoms with E-state index in [4.69, 9.17) is 4.74 Å². The molecule has 88 valence electrons. The Kier molecular flexibility index (Phi) is 3.56. The number of ether oxygens (including phenoxy) is 1. The molecule has 0 saturated carbocycles. The summed E-state index contributed by atoms with van der Waals surface area (Å²) in [6, 6.07) is 0. The first-order chi connectivity index (χ1) is 6.74. The minimum absolute atomic E-state index is 0.0784. The Morgan fingerprint density at radius 1 is 1.27 bits per heavy atom. The lowest BCUT2D eigenvalue weighted by atomic mass is 9.81. The molecule has 0 aliphatic carbocycles. The number of aldehydes is 1. The molecule has 3 heteroatoms. The lowest BCUT2D eigenvalue weighted by molar-refractivity contribution is -0.124. The Morgan fingerprint density at radius 2 is 1.73 bits per heavy atom. The van der Waals surface area contributed by atoms with Crippen molar-refractivity contribution in [1.82, 2.24) is 5.32 Å². The molecule has 1 atom stereocenters. The van der Waals surface area contributed by atoms with E-state index in [2.05, 4.69) is 33.0 Å². The minimum Gasteiger partial charge on any atom is -0.368 e. The highest BCUT2D eigenvalue weighted by Crippen LogP contribution is 2.30. The highest BCUT2D eigenvalue weighted by molar-refractivity contribution is 5.55. The van der Waals surface area contributed by atoms with Gasteiger partial charge in [-0.25, -0.2) is 0 Å². The summed E-state index contributed by atoms with van der Waals surface area (Å²) >= 11 is 0. The summed E-state index contributed by atoms with van der Waals surface area (Å²) in [5.74, 6) is 0. The van der Waals surface area contributed by atoms with Crippen LogP contribution in [-0.2, 0) is 9.53 Å². The third-order valence-electron chi connectivity index (χ3n) is 2.75. The first kappa shape index (κ1) is 12.7. The van der Waals surface area contributed by atoms with Gasteiger partial charge in [0.05, 0.1) is 6.10 Å². The van der Waals surface area contributed by atoms with Gasteiger partial charge in [0.15, 0.2) is 0 Å². The van der Waals surface area contributed by atoms with E-state index in [-0.39, 0.29) is 23.3 Å². The van der Waals surface area contributed by atoms with Crippen LogP contribution >= 0.6 is 0 Å². The molecule has 0 radical (unpaired) electrons. The number of piperidine rings is 1. The van der Waals surface area contributed by atoms with Gasteiger partial charge in [-0.15, -0.1) is 0 Å². The van der Waals surface area contributed by atoms with E-state index < -0.39 is 0 Å². The third kappa shape index (κ3) is 3.92. The van der Waals surface area contributed by atoms with Crippen molar-refractivity contribution in [3.8, 4) is 0 Å². The molecule has 0 spiro atoms. The lowest BCUT2D eigenvalue weighted by Crippen LogP contribution is -2.59. The van der Waals surface area contributed by atoms with Gasteiger partial charge in [-0.05, 0) is 47.5 Å². The van der Waals surface area contributed by atoms with Gasteiger partial charge in [0.25, 0.3) is 0 Å². The quantitative estimate of drug-likeness (QED) is 0.728. The van der Waals surface area contributed by atoms with E-state index in [1.807, 2.05) is 0 Å². The SMILES string of the molecule is CC(C=O)OC1CC(C)(C)NC(C)(C)C1. The van der Waals surface area contributed by atoms with Crippen molar-refractivity contribution in [2.45, 2.75) is 70.7 Å². The van der Waals surface area contributed by atoms with Gasteiger partial charge in [-0.2, -0.15) is 0 Å². The van der Waals surface area contributed by atoms with Crippen molar-refractivity contribution in [1.29, 1.82) is 0 Å². The van der Waals surface area contributed by atoms with E-state index >= 15 is 0 Å². The van der Waals surface area contributed by atoms with Crippen LogP contribution in [0.25, 0.3) is 0 Å². The van der Waals surface area contributed by atoms with E-state index in [0.717, 1.165) is 19.1 Å². The van der Waals surface area contributed by atoms with E-state index in [0.29, 0.717) is 0 Å². The predicted octanol–water partition coefficient (Wildman–Crippen LogP) is 1.90. The summed E-state index contributed by atoms with van der Waals surface area (Å²) in [6.45, 7) is 10.5. The van der Waals surface area contributed by atoms with Gasteiger partial charge in [0.1, 0.15) is 12.4 Å². The summed E-state index contributed by atoms with van der Waals surface area (Å²) < 4.78 is 5.70. The standard InChI is InChI=1S/C12H23NO2/c1-9(8-14)15-10-6-11(2,3)13-12(4,5)7-10/h8-10,13H,6-7H2,1-5H3. The Balaban J connectivity index is 2.63. The zero-order chi connectivity index (χ0) is 11.7. The van der Waals surface area contributed by atoms with Crippen molar-refractivity contribution in [2.24, 2.45) is 0 Å². The average molecular weight is 213 g/mol. The van der Waals surface area contributed by atoms with Crippen molar-refractivity contribution >= 4 is 6.29 Å². The maximum Gasteiger partial charge on any atom is 0.148 e. The predicted molar refractivity (Wildman–Crippen MR) is 60.9 cm³/mol. The molecule has 0 bridgehead atoms. The molecule has 0 aromatic carbocycles. The van der Waals surface area contributed by atoms with Crippen LogP contribution in [0.5, 0.6) is 0 Å². The highest BCUT2D eigenvalue weighted by atomic mass is 16.5. The molecule has 1 aliphatic heterocycles. The van der Waals surface area contributed by atoms with Crippen LogP contribution in [0.2, 0.25) is 0 Å². The smallest absolute Gasteiger partial charge is 0.148 e. The number of hydrogen-bond acceptors (Lipinski definition) is 3. The molecule has 1 unspecified atom stereocenters. The maximum atomic E-state index is 10.6. The summed E-state index contributed by atoms with van der Waals surface area (Å²) in [7, 11) is 0. The van der Waals surface area contributed by atoms with Crippen LogP contribution in [0.4, 0.5) is 0 Å². The molecule has 1 saturated heterocycles. The summed E-state index contributed by atoms with van der Waals surface area (Å²) in [5, 5.41) is 3.58. The number of hydrogen-bond donors (Lipinski definition) is 1. The number of carbonyl (C=O) groups excluding carboxylic acids is 1. The fourth-order valence-corrected chi connectivity index (χ4v) is 2.66. The first-order valence-electron chi connectivity index (χ1n) is 5.64. The Morgan fingerprint density at radius 3 is 2.13 bits per heavy atom. The highest BCUT2D eigenvalue weighted by Gasteiger charge is 2.38. The molecule has 1 fully saturated rings. The van der Waals surface area contributed by atoms with Gasteiger partial charge in [0.2, 0.25) is 0 Å². The van der Waals surface area contributed by atoms with Crippen LogP contribution in [-0.4, -0.2) is 29.6 Å². The number of nitrogens with one attached hydrogen (secondary N) is 1. The van der Waals surface area contributed by atoms with Gasteiger partial charge in [0, 0.05) is 11.1 Å². The van der Waals surface area contributed by atoms with Gasteiger partial charge < -0.3 is 14.8 Å². The molecular formula is C12H23NO2. The summed E-state index contributed by atoms with van der Waals surface area (Å²) in [6.07, 6.45) is 2.65. The summed E-state index contributed by atoms with van der Waals surface area (Å²) in [5.41, 5.74) is 0.157. The molecule has 1 rings (SSSR count). The van der Waals surface area contributed by atoms with E-state index in [1.54, 1.807) is 6.92 Å². The second-order valence-electron chi connectivity index (χ2n) is 5.90. The fourth-order valence-electron chi connectivity index (χ4n) is 2.66. The molecule has 1 N–H and O–H groups in total. The Bertz CT molecular complexity index is 220. The van der Waals surface area contributed by atoms with Crippen molar-refractivity contribution in [3.63, 3.8) is 0 Å². The van der Waals surface area contributed by atoms with Crippen molar-refractivity contribution < 1.29 is 9.53 Å². The minimum atomic E-state index is -0.292. The maximum absolute atomic E-state index is 10.6. The zero-order valence-electron chi connectivity index (χ0n) is 10.5. The normalized spacial score (nSPS) is 27.3. The Labute approximate surface area is 92.6 Å². The topological polar surface area (TPSA) is 38.3 Å². The molecule has 3 nitrogen and oxygen atoms in total. The molecular weight excluding hydrogens is 190 g/mol. The molecule has 1 aliphatic rings. The number of rotatable bonds is 3. The monoisotopic (exact) mass is 213 g/mol. The second kappa shape index (κ2) is 4.22. The largest absolute Gasteiger partial charge is 0.368 e. The molecule has 15 heavy (non-hydrogen) atoms. The van der Waals surface area contributed by atoms with Crippen molar-refractivity contribution in [2.75, 3.05) is 0 Å². The molecule has 0 aromatic heterocycles. The summed E-state index contributed by atoms with van der Waals surface area (Å²) in [4.78, 5) is 10.6.